The van der Waals surface area contributed by atoms with Crippen molar-refractivity contribution in [2.45, 2.75) is 26.4 Å². The van der Waals surface area contributed by atoms with Gasteiger partial charge in [-0.05, 0) is 20.3 Å². The van der Waals surface area contributed by atoms with Crippen LogP contribution in [0.2, 0.25) is 0 Å². The molecule has 0 amide bonds. The van der Waals surface area contributed by atoms with Gasteiger partial charge in [-0.25, -0.2) is 9.10 Å². The van der Waals surface area contributed by atoms with E-state index in [0.717, 1.165) is 12.0 Å². The predicted octanol–water partition coefficient (Wildman–Crippen LogP) is 1.43. The van der Waals surface area contributed by atoms with Gasteiger partial charge in [0.15, 0.2) is 0 Å². The Morgan fingerprint density at radius 1 is 1.33 bits per heavy atom. The summed E-state index contributed by atoms with van der Waals surface area (Å²) in [6.07, 6.45) is 0.372. The minimum Gasteiger partial charge on any atom is -0.379 e. The molecule has 0 aromatic carbocycles. The molecule has 0 heterocycles. The fourth-order valence-corrected chi connectivity index (χ4v) is 1.13. The van der Waals surface area contributed by atoms with Gasteiger partial charge in [0.05, 0.1) is 26.4 Å². The van der Waals surface area contributed by atoms with Crippen molar-refractivity contribution in [3.05, 3.63) is 12.2 Å². The highest BCUT2D eigenvalue weighted by Gasteiger charge is 2.06. The zero-order valence-corrected chi connectivity index (χ0v) is 11.7. The molecule has 7 heteroatoms. The SMILES string of the molecule is C=C(C)CCOCCOCC(C)OOS(=C)(=O)O. The Bertz CT molecular complexity index is 324. The quantitative estimate of drug-likeness (QED) is 0.203. The van der Waals surface area contributed by atoms with Crippen molar-refractivity contribution in [3.8, 4) is 0 Å². The van der Waals surface area contributed by atoms with E-state index >= 15 is 0 Å². The second kappa shape index (κ2) is 9.48. The normalized spacial score (nSPS) is 16.2. The third-order valence-corrected chi connectivity index (χ3v) is 2.00. The summed E-state index contributed by atoms with van der Waals surface area (Å²) in [7, 11) is -3.58. The Kier molecular flexibility index (Phi) is 9.25. The first-order valence-corrected chi connectivity index (χ1v) is 7.16. The molecule has 0 spiro atoms. The zero-order chi connectivity index (χ0) is 14.0. The molecule has 2 unspecified atom stereocenters. The van der Waals surface area contributed by atoms with Gasteiger partial charge in [0, 0.05) is 5.87 Å². The molecule has 0 radical (unpaired) electrons. The van der Waals surface area contributed by atoms with Gasteiger partial charge in [0.1, 0.15) is 6.10 Å². The molecular formula is C11H22O6S. The Hall–Kier alpha value is -0.440. The van der Waals surface area contributed by atoms with Crippen LogP contribution in [0.3, 0.4) is 0 Å². The number of hydrogen-bond donors (Lipinski definition) is 1. The molecule has 0 bridgehead atoms. The van der Waals surface area contributed by atoms with Gasteiger partial charge in [-0.15, -0.1) is 10.9 Å². The molecule has 0 fully saturated rings. The summed E-state index contributed by atoms with van der Waals surface area (Å²) in [6, 6.07) is 0. The van der Waals surface area contributed by atoms with Crippen LogP contribution in [0.25, 0.3) is 0 Å². The summed E-state index contributed by atoms with van der Waals surface area (Å²) in [5.41, 5.74) is 1.08. The molecule has 108 valence electrons. The average Bonchev–Trinajstić information content (AvgIpc) is 2.23. The summed E-state index contributed by atoms with van der Waals surface area (Å²) in [5.74, 6) is 2.85. The summed E-state index contributed by atoms with van der Waals surface area (Å²) >= 11 is 0. The Morgan fingerprint density at radius 2 is 1.94 bits per heavy atom. The van der Waals surface area contributed by atoms with Crippen molar-refractivity contribution < 1.29 is 27.5 Å². The summed E-state index contributed by atoms with van der Waals surface area (Å²) in [5, 5.41) is 0. The fourth-order valence-electron chi connectivity index (χ4n) is 0.872. The first-order valence-electron chi connectivity index (χ1n) is 5.55. The van der Waals surface area contributed by atoms with Crippen molar-refractivity contribution in [1.82, 2.24) is 0 Å². The van der Waals surface area contributed by atoms with Crippen molar-refractivity contribution in [2.24, 2.45) is 0 Å². The largest absolute Gasteiger partial charge is 0.379 e. The molecule has 0 aliphatic carbocycles. The van der Waals surface area contributed by atoms with Crippen LogP contribution in [0.5, 0.6) is 0 Å². The van der Waals surface area contributed by atoms with E-state index in [1.54, 1.807) is 6.92 Å². The lowest BCUT2D eigenvalue weighted by molar-refractivity contribution is -0.247. The van der Waals surface area contributed by atoms with Crippen molar-refractivity contribution in [3.63, 3.8) is 0 Å². The molecule has 0 rings (SSSR count). The van der Waals surface area contributed by atoms with Crippen LogP contribution < -0.4 is 0 Å². The fraction of sp³-hybridized carbons (Fsp3) is 0.727. The Labute approximate surface area is 109 Å². The summed E-state index contributed by atoms with van der Waals surface area (Å²) in [6.45, 7) is 9.11. The minimum absolute atomic E-state index is 0.235. The second-order valence-electron chi connectivity index (χ2n) is 3.95. The van der Waals surface area contributed by atoms with Gasteiger partial charge >= 0.3 is 0 Å². The molecule has 0 aromatic rings. The van der Waals surface area contributed by atoms with E-state index in [-0.39, 0.29) is 6.61 Å². The molecule has 1 N–H and O–H groups in total. The lowest BCUT2D eigenvalue weighted by atomic mass is 10.3. The second-order valence-corrected chi connectivity index (χ2v) is 5.25. The molecular weight excluding hydrogens is 260 g/mol. The van der Waals surface area contributed by atoms with Crippen LogP contribution in [0.1, 0.15) is 20.3 Å². The van der Waals surface area contributed by atoms with E-state index in [0.29, 0.717) is 19.8 Å². The highest BCUT2D eigenvalue weighted by Crippen LogP contribution is 1.98. The van der Waals surface area contributed by atoms with Gasteiger partial charge in [0.25, 0.3) is 0 Å². The van der Waals surface area contributed by atoms with Crippen molar-refractivity contribution in [2.75, 3.05) is 26.4 Å². The lowest BCUT2D eigenvalue weighted by Crippen LogP contribution is -2.20. The minimum atomic E-state index is -3.58. The van der Waals surface area contributed by atoms with E-state index < -0.39 is 16.2 Å². The van der Waals surface area contributed by atoms with Gasteiger partial charge in [-0.3, -0.25) is 4.55 Å². The maximum absolute atomic E-state index is 10.6. The Morgan fingerprint density at radius 3 is 2.50 bits per heavy atom. The molecule has 0 saturated heterocycles. The van der Waals surface area contributed by atoms with E-state index in [1.165, 1.54) is 0 Å². The third-order valence-electron chi connectivity index (χ3n) is 1.71. The third kappa shape index (κ3) is 13.6. The van der Waals surface area contributed by atoms with E-state index in [1.807, 2.05) is 6.92 Å². The van der Waals surface area contributed by atoms with Crippen LogP contribution in [-0.2, 0) is 28.8 Å². The summed E-state index contributed by atoms with van der Waals surface area (Å²) < 4.78 is 34.0. The maximum atomic E-state index is 10.6. The Balaban J connectivity index is 3.35. The van der Waals surface area contributed by atoms with Crippen molar-refractivity contribution in [1.29, 1.82) is 0 Å². The first kappa shape index (κ1) is 17.6. The molecule has 0 aliphatic rings. The zero-order valence-electron chi connectivity index (χ0n) is 10.9. The van der Waals surface area contributed by atoms with Crippen LogP contribution >= 0.6 is 0 Å². The van der Waals surface area contributed by atoms with Crippen LogP contribution in [0, 0.1) is 0 Å². The lowest BCUT2D eigenvalue weighted by Gasteiger charge is -2.12. The van der Waals surface area contributed by atoms with E-state index in [9.17, 15) is 4.21 Å². The van der Waals surface area contributed by atoms with Crippen LogP contribution in [0.4, 0.5) is 0 Å². The van der Waals surface area contributed by atoms with Crippen LogP contribution in [0.15, 0.2) is 12.2 Å². The molecule has 18 heavy (non-hydrogen) atoms. The number of rotatable bonds is 11. The van der Waals surface area contributed by atoms with Crippen molar-refractivity contribution >= 4 is 16.0 Å². The number of hydrogen-bond acceptors (Lipinski definition) is 5. The first-order chi connectivity index (χ1) is 8.31. The van der Waals surface area contributed by atoms with Crippen LogP contribution in [-0.4, -0.2) is 47.2 Å². The van der Waals surface area contributed by atoms with E-state index in [4.69, 9.17) is 14.0 Å². The standard InChI is InChI=1S/C11H22O6S/c1-10(2)5-6-14-7-8-15-9-11(3)16-17-18(4,12)13/h11H,1,4-9H2,2-3H3,(H,12,13). The van der Waals surface area contributed by atoms with Gasteiger partial charge in [-0.2, -0.15) is 0 Å². The summed E-state index contributed by atoms with van der Waals surface area (Å²) in [4.78, 5) is 4.60. The molecule has 6 nitrogen and oxygen atoms in total. The highest BCUT2D eigenvalue weighted by atomic mass is 32.2. The molecule has 0 aromatic heterocycles. The highest BCUT2D eigenvalue weighted by molar-refractivity contribution is 7.90. The number of ether oxygens (including phenoxy) is 2. The molecule has 0 saturated carbocycles. The van der Waals surface area contributed by atoms with Gasteiger partial charge in [-0.1, -0.05) is 5.57 Å². The topological polar surface area (TPSA) is 74.2 Å². The van der Waals surface area contributed by atoms with E-state index in [2.05, 4.69) is 21.7 Å². The smallest absolute Gasteiger partial charge is 0.223 e. The predicted molar refractivity (Wildman–Crippen MR) is 70.6 cm³/mol. The van der Waals surface area contributed by atoms with Gasteiger partial charge < -0.3 is 9.47 Å². The maximum Gasteiger partial charge on any atom is 0.223 e. The molecule has 2 atom stereocenters. The molecule has 0 aliphatic heterocycles. The monoisotopic (exact) mass is 282 g/mol. The van der Waals surface area contributed by atoms with Gasteiger partial charge in [0.2, 0.25) is 10.1 Å². The average molecular weight is 282 g/mol.